The Morgan fingerprint density at radius 2 is 1.57 bits per heavy atom. The van der Waals surface area contributed by atoms with E-state index in [1.54, 1.807) is 6.07 Å². The van der Waals surface area contributed by atoms with E-state index < -0.39 is 0 Å². The molecule has 0 aliphatic rings. The van der Waals surface area contributed by atoms with E-state index in [0.717, 1.165) is 21.2 Å². The Balaban J connectivity index is 1.94. The fraction of sp³-hybridized carbons (Fsp3) is 0.222. The van der Waals surface area contributed by atoms with Crippen LogP contribution in [0, 0.1) is 20.8 Å². The lowest BCUT2D eigenvalue weighted by atomic mass is 10.1. The predicted octanol–water partition coefficient (Wildman–Crippen LogP) is 4.34. The average Bonchev–Trinajstić information content (AvgIpc) is 2.46. The van der Waals surface area contributed by atoms with Crippen molar-refractivity contribution in [2.75, 3.05) is 10.6 Å². The maximum absolute atomic E-state index is 12.0. The van der Waals surface area contributed by atoms with E-state index in [9.17, 15) is 9.59 Å². The molecule has 0 aliphatic carbocycles. The van der Waals surface area contributed by atoms with Gasteiger partial charge in [0, 0.05) is 15.8 Å². The summed E-state index contributed by atoms with van der Waals surface area (Å²) in [4.78, 5) is 24.0. The lowest BCUT2D eigenvalue weighted by Crippen LogP contribution is -2.21. The third-order valence-corrected chi connectivity index (χ3v) is 4.07. The van der Waals surface area contributed by atoms with Gasteiger partial charge in [-0.3, -0.25) is 9.59 Å². The Kier molecular flexibility index (Phi) is 5.55. The highest BCUT2D eigenvalue weighted by Crippen LogP contribution is 2.20. The minimum absolute atomic E-state index is 0.220. The van der Waals surface area contributed by atoms with Crippen molar-refractivity contribution in [1.82, 2.24) is 0 Å². The minimum atomic E-state index is -0.336. The smallest absolute Gasteiger partial charge is 0.233 e. The molecule has 2 aromatic rings. The lowest BCUT2D eigenvalue weighted by molar-refractivity contribution is -0.123. The summed E-state index contributed by atoms with van der Waals surface area (Å²) in [7, 11) is 0. The zero-order valence-electron chi connectivity index (χ0n) is 13.4. The van der Waals surface area contributed by atoms with Gasteiger partial charge < -0.3 is 10.6 Å². The monoisotopic (exact) mass is 374 g/mol. The van der Waals surface area contributed by atoms with E-state index >= 15 is 0 Å². The van der Waals surface area contributed by atoms with Gasteiger partial charge in [-0.05, 0) is 67.8 Å². The first kappa shape index (κ1) is 17.2. The number of carbonyl (C=O) groups is 2. The quantitative estimate of drug-likeness (QED) is 0.781. The summed E-state index contributed by atoms with van der Waals surface area (Å²) in [5.74, 6) is -0.669. The third kappa shape index (κ3) is 4.93. The molecule has 0 aromatic heterocycles. The molecule has 0 spiro atoms. The normalized spacial score (nSPS) is 10.3. The molecule has 4 nitrogen and oxygen atoms in total. The van der Waals surface area contributed by atoms with Gasteiger partial charge >= 0.3 is 0 Å². The number of hydrogen-bond donors (Lipinski definition) is 2. The number of carbonyl (C=O) groups excluding carboxylic acids is 2. The summed E-state index contributed by atoms with van der Waals surface area (Å²) in [5, 5.41) is 5.50. The van der Waals surface area contributed by atoms with Crippen LogP contribution in [0.15, 0.2) is 40.9 Å². The molecule has 0 saturated carbocycles. The Morgan fingerprint density at radius 3 is 2.22 bits per heavy atom. The molecule has 0 fully saturated rings. The zero-order chi connectivity index (χ0) is 17.0. The highest BCUT2D eigenvalue weighted by molar-refractivity contribution is 9.10. The number of benzene rings is 2. The van der Waals surface area contributed by atoms with E-state index in [0.29, 0.717) is 11.4 Å². The van der Waals surface area contributed by atoms with Gasteiger partial charge in [0.05, 0.1) is 0 Å². The maximum Gasteiger partial charge on any atom is 0.233 e. The average molecular weight is 375 g/mol. The molecule has 2 aromatic carbocycles. The highest BCUT2D eigenvalue weighted by atomic mass is 79.9. The molecule has 0 atom stereocenters. The van der Waals surface area contributed by atoms with Crippen LogP contribution in [0.4, 0.5) is 11.4 Å². The molecule has 2 rings (SSSR count). The largest absolute Gasteiger partial charge is 0.326 e. The fourth-order valence-corrected chi connectivity index (χ4v) is 2.61. The number of rotatable bonds is 4. The molecule has 2 amide bonds. The number of aryl methyl sites for hydroxylation is 3. The van der Waals surface area contributed by atoms with Gasteiger partial charge in [-0.25, -0.2) is 0 Å². The predicted molar refractivity (Wildman–Crippen MR) is 96.7 cm³/mol. The van der Waals surface area contributed by atoms with Gasteiger partial charge in [0.25, 0.3) is 0 Å². The first-order valence-electron chi connectivity index (χ1n) is 7.28. The zero-order valence-corrected chi connectivity index (χ0v) is 15.0. The molecule has 0 unspecified atom stereocenters. The first-order chi connectivity index (χ1) is 10.8. The van der Waals surface area contributed by atoms with Crippen LogP contribution in [-0.4, -0.2) is 11.8 Å². The van der Waals surface area contributed by atoms with Crippen molar-refractivity contribution in [1.29, 1.82) is 0 Å². The number of anilines is 2. The van der Waals surface area contributed by atoms with Gasteiger partial charge in [0.1, 0.15) is 6.42 Å². The molecule has 0 radical (unpaired) electrons. The number of amides is 2. The maximum atomic E-state index is 12.0. The van der Waals surface area contributed by atoms with Crippen LogP contribution < -0.4 is 10.6 Å². The second-order valence-electron chi connectivity index (χ2n) is 5.53. The molecular weight excluding hydrogens is 356 g/mol. The number of hydrogen-bond acceptors (Lipinski definition) is 2. The minimum Gasteiger partial charge on any atom is -0.326 e. The van der Waals surface area contributed by atoms with Gasteiger partial charge in [-0.15, -0.1) is 0 Å². The fourth-order valence-electron chi connectivity index (χ4n) is 2.13. The van der Waals surface area contributed by atoms with E-state index in [-0.39, 0.29) is 18.2 Å². The van der Waals surface area contributed by atoms with Crippen LogP contribution in [0.3, 0.4) is 0 Å². The standard InChI is InChI=1S/C18H19BrN2O2/c1-11-4-6-15(9-12(11)2)20-17(22)10-18(23)21-16-7-5-14(19)8-13(16)3/h4-9H,10H2,1-3H3,(H,20,22)(H,21,23). The van der Waals surface area contributed by atoms with Gasteiger partial charge in [0.15, 0.2) is 0 Å². The highest BCUT2D eigenvalue weighted by Gasteiger charge is 2.11. The summed E-state index contributed by atoms with van der Waals surface area (Å²) in [6.45, 7) is 5.89. The summed E-state index contributed by atoms with van der Waals surface area (Å²) in [6.07, 6.45) is -0.220. The molecule has 0 saturated heterocycles. The van der Waals surface area contributed by atoms with Crippen LogP contribution in [-0.2, 0) is 9.59 Å². The van der Waals surface area contributed by atoms with Crippen molar-refractivity contribution >= 4 is 39.1 Å². The molecule has 0 bridgehead atoms. The Hall–Kier alpha value is -2.14. The van der Waals surface area contributed by atoms with E-state index in [2.05, 4.69) is 26.6 Å². The number of halogens is 1. The summed E-state index contributed by atoms with van der Waals surface area (Å²) < 4.78 is 0.945. The van der Waals surface area contributed by atoms with E-state index in [1.165, 1.54) is 0 Å². The van der Waals surface area contributed by atoms with Gasteiger partial charge in [0.2, 0.25) is 11.8 Å². The molecule has 5 heteroatoms. The van der Waals surface area contributed by atoms with Crippen LogP contribution in [0.5, 0.6) is 0 Å². The van der Waals surface area contributed by atoms with Crippen LogP contribution >= 0.6 is 15.9 Å². The lowest BCUT2D eigenvalue weighted by Gasteiger charge is -2.10. The van der Waals surface area contributed by atoms with Gasteiger partial charge in [-0.1, -0.05) is 22.0 Å². The van der Waals surface area contributed by atoms with E-state index in [4.69, 9.17) is 0 Å². The third-order valence-electron chi connectivity index (χ3n) is 3.57. The SMILES string of the molecule is Cc1ccc(NC(=O)CC(=O)Nc2ccc(Br)cc2C)cc1C. The Labute approximate surface area is 144 Å². The summed E-state index contributed by atoms with van der Waals surface area (Å²) in [6, 6.07) is 11.2. The second kappa shape index (κ2) is 7.42. The van der Waals surface area contributed by atoms with Crippen molar-refractivity contribution in [3.05, 3.63) is 57.6 Å². The summed E-state index contributed by atoms with van der Waals surface area (Å²) in [5.41, 5.74) is 4.59. The summed E-state index contributed by atoms with van der Waals surface area (Å²) >= 11 is 3.37. The molecule has 120 valence electrons. The molecular formula is C18H19BrN2O2. The van der Waals surface area contributed by atoms with Crippen molar-refractivity contribution < 1.29 is 9.59 Å². The van der Waals surface area contributed by atoms with E-state index in [1.807, 2.05) is 51.1 Å². The van der Waals surface area contributed by atoms with Crippen LogP contribution in [0.25, 0.3) is 0 Å². The number of nitrogens with one attached hydrogen (secondary N) is 2. The van der Waals surface area contributed by atoms with Crippen molar-refractivity contribution in [3.63, 3.8) is 0 Å². The van der Waals surface area contributed by atoms with Crippen molar-refractivity contribution in [2.24, 2.45) is 0 Å². The second-order valence-corrected chi connectivity index (χ2v) is 6.45. The Bertz CT molecular complexity index is 757. The topological polar surface area (TPSA) is 58.2 Å². The molecule has 2 N–H and O–H groups in total. The molecule has 23 heavy (non-hydrogen) atoms. The molecule has 0 heterocycles. The van der Waals surface area contributed by atoms with Crippen LogP contribution in [0.2, 0.25) is 0 Å². The van der Waals surface area contributed by atoms with Gasteiger partial charge in [-0.2, -0.15) is 0 Å². The van der Waals surface area contributed by atoms with Crippen LogP contribution in [0.1, 0.15) is 23.1 Å². The Morgan fingerprint density at radius 1 is 0.870 bits per heavy atom. The van der Waals surface area contributed by atoms with Crippen molar-refractivity contribution in [3.8, 4) is 0 Å². The molecule has 0 aliphatic heterocycles. The van der Waals surface area contributed by atoms with Crippen molar-refractivity contribution in [2.45, 2.75) is 27.2 Å². The first-order valence-corrected chi connectivity index (χ1v) is 8.07.